The van der Waals surface area contributed by atoms with E-state index in [1.807, 2.05) is 19.9 Å². The second-order valence-electron chi connectivity index (χ2n) is 5.94. The number of Topliss-reactive ketones (excluding diaryl/α,β-unsaturated/α-hetero) is 2. The predicted octanol–water partition coefficient (Wildman–Crippen LogP) is 3.24. The van der Waals surface area contributed by atoms with Crippen molar-refractivity contribution in [1.29, 1.82) is 0 Å². The number of hydrogen-bond donors (Lipinski definition) is 0. The van der Waals surface area contributed by atoms with Gasteiger partial charge in [0.1, 0.15) is 5.82 Å². The molecule has 0 atom stereocenters. The zero-order chi connectivity index (χ0) is 17.4. The summed E-state index contributed by atoms with van der Waals surface area (Å²) in [6.07, 6.45) is 0.0669. The fourth-order valence-corrected chi connectivity index (χ4v) is 3.04. The minimum atomic E-state index is -0.606. The second-order valence-corrected chi connectivity index (χ2v) is 5.94. The van der Waals surface area contributed by atoms with E-state index in [0.29, 0.717) is 16.8 Å². The Morgan fingerprint density at radius 1 is 1.08 bits per heavy atom. The first-order valence-corrected chi connectivity index (χ1v) is 7.64. The van der Waals surface area contributed by atoms with Gasteiger partial charge < -0.3 is 4.90 Å². The number of benzene rings is 2. The van der Waals surface area contributed by atoms with E-state index in [9.17, 15) is 18.8 Å². The molecule has 1 amide bonds. The number of aryl methyl sites for hydroxylation is 2. The largest absolute Gasteiger partial charge is 0.304 e. The topological polar surface area (TPSA) is 54.5 Å². The van der Waals surface area contributed by atoms with Crippen molar-refractivity contribution in [2.24, 2.45) is 0 Å². The summed E-state index contributed by atoms with van der Waals surface area (Å²) in [5, 5.41) is 0. The molecule has 122 valence electrons. The molecule has 1 heterocycles. The highest BCUT2D eigenvalue weighted by molar-refractivity contribution is 6.52. The highest BCUT2D eigenvalue weighted by Crippen LogP contribution is 2.33. The Bertz CT molecular complexity index is 856. The molecule has 0 unspecified atom stereocenters. The van der Waals surface area contributed by atoms with Gasteiger partial charge in [-0.15, -0.1) is 0 Å². The molecule has 0 fully saturated rings. The van der Waals surface area contributed by atoms with Gasteiger partial charge in [0, 0.05) is 18.5 Å². The molecule has 0 aromatic heterocycles. The van der Waals surface area contributed by atoms with Crippen molar-refractivity contribution in [1.82, 2.24) is 0 Å². The maximum atomic E-state index is 12.9. The minimum absolute atomic E-state index is 0.0669. The average Bonchev–Trinajstić information content (AvgIpc) is 2.78. The lowest BCUT2D eigenvalue weighted by atomic mass is 10.0. The summed E-state index contributed by atoms with van der Waals surface area (Å²) in [6, 6.07) is 8.87. The van der Waals surface area contributed by atoms with Crippen LogP contribution in [-0.2, 0) is 4.79 Å². The zero-order valence-electron chi connectivity index (χ0n) is 13.4. The third-order valence-corrected chi connectivity index (χ3v) is 4.13. The standard InChI is InChI=1S/C19H16FNO3/c1-11-9-12(2)17-15(10-11)18(23)19(24)21(17)8-7-16(22)13-3-5-14(20)6-4-13/h3-6,9-10H,7-8H2,1-2H3. The molecule has 3 rings (SSSR count). The van der Waals surface area contributed by atoms with E-state index >= 15 is 0 Å². The molecule has 0 spiro atoms. The Morgan fingerprint density at radius 3 is 2.42 bits per heavy atom. The van der Waals surface area contributed by atoms with Gasteiger partial charge in [-0.3, -0.25) is 14.4 Å². The van der Waals surface area contributed by atoms with Crippen molar-refractivity contribution in [3.63, 3.8) is 0 Å². The highest BCUT2D eigenvalue weighted by atomic mass is 19.1. The van der Waals surface area contributed by atoms with Crippen LogP contribution >= 0.6 is 0 Å². The lowest BCUT2D eigenvalue weighted by Crippen LogP contribution is -2.32. The Balaban J connectivity index is 1.82. The first-order valence-electron chi connectivity index (χ1n) is 7.64. The van der Waals surface area contributed by atoms with Gasteiger partial charge in [-0.25, -0.2) is 4.39 Å². The van der Waals surface area contributed by atoms with Crippen molar-refractivity contribution < 1.29 is 18.8 Å². The SMILES string of the molecule is Cc1cc(C)c2c(c1)C(=O)C(=O)N2CCC(=O)c1ccc(F)cc1. The molecule has 0 saturated carbocycles. The normalized spacial score (nSPS) is 13.4. The van der Waals surface area contributed by atoms with Crippen LogP contribution in [0.4, 0.5) is 10.1 Å². The highest BCUT2D eigenvalue weighted by Gasteiger charge is 2.37. The van der Waals surface area contributed by atoms with E-state index in [1.165, 1.54) is 29.2 Å². The van der Waals surface area contributed by atoms with Gasteiger partial charge in [0.25, 0.3) is 11.7 Å². The number of hydrogen-bond acceptors (Lipinski definition) is 3. The van der Waals surface area contributed by atoms with E-state index in [0.717, 1.165) is 11.1 Å². The van der Waals surface area contributed by atoms with Gasteiger partial charge in [0.05, 0.1) is 11.3 Å². The molecule has 0 bridgehead atoms. The van der Waals surface area contributed by atoms with Gasteiger partial charge in [-0.2, -0.15) is 0 Å². The number of rotatable bonds is 4. The summed E-state index contributed by atoms with van der Waals surface area (Å²) in [5.74, 6) is -1.75. The Kier molecular flexibility index (Phi) is 4.01. The second kappa shape index (κ2) is 6.00. The molecule has 4 nitrogen and oxygen atoms in total. The van der Waals surface area contributed by atoms with Crippen molar-refractivity contribution in [2.45, 2.75) is 20.3 Å². The average molecular weight is 325 g/mol. The monoisotopic (exact) mass is 325 g/mol. The van der Waals surface area contributed by atoms with Crippen LogP contribution < -0.4 is 4.90 Å². The first-order chi connectivity index (χ1) is 11.4. The van der Waals surface area contributed by atoms with Crippen molar-refractivity contribution in [3.05, 3.63) is 64.5 Å². The van der Waals surface area contributed by atoms with Gasteiger partial charge in [0.2, 0.25) is 0 Å². The number of anilines is 1. The molecular formula is C19H16FNO3. The van der Waals surface area contributed by atoms with Crippen molar-refractivity contribution >= 4 is 23.2 Å². The predicted molar refractivity (Wildman–Crippen MR) is 87.9 cm³/mol. The van der Waals surface area contributed by atoms with Crippen LogP contribution in [0, 0.1) is 19.7 Å². The number of amides is 1. The lowest BCUT2D eigenvalue weighted by molar-refractivity contribution is -0.114. The Morgan fingerprint density at radius 2 is 1.75 bits per heavy atom. The van der Waals surface area contributed by atoms with E-state index in [2.05, 4.69) is 0 Å². The van der Waals surface area contributed by atoms with Gasteiger partial charge >= 0.3 is 0 Å². The number of ketones is 2. The van der Waals surface area contributed by atoms with Gasteiger partial charge in [-0.05, 0) is 55.3 Å². The third kappa shape index (κ3) is 2.73. The molecule has 1 aliphatic rings. The van der Waals surface area contributed by atoms with Crippen LogP contribution in [0.1, 0.15) is 38.3 Å². The van der Waals surface area contributed by atoms with E-state index < -0.39 is 17.5 Å². The number of carbonyl (C=O) groups is 3. The number of halogens is 1. The molecule has 2 aromatic carbocycles. The quantitative estimate of drug-likeness (QED) is 0.640. The number of carbonyl (C=O) groups excluding carboxylic acids is 3. The van der Waals surface area contributed by atoms with Gasteiger partial charge in [0.15, 0.2) is 5.78 Å². The van der Waals surface area contributed by atoms with Crippen LogP contribution in [0.3, 0.4) is 0 Å². The molecule has 1 aliphatic heterocycles. The fourth-order valence-electron chi connectivity index (χ4n) is 3.04. The Hall–Kier alpha value is -2.82. The van der Waals surface area contributed by atoms with E-state index in [-0.39, 0.29) is 18.7 Å². The summed E-state index contributed by atoms with van der Waals surface area (Å²) in [7, 11) is 0. The lowest BCUT2D eigenvalue weighted by Gasteiger charge is -2.18. The van der Waals surface area contributed by atoms with Crippen LogP contribution in [0.25, 0.3) is 0 Å². The summed E-state index contributed by atoms with van der Waals surface area (Å²) in [4.78, 5) is 38.0. The molecule has 0 radical (unpaired) electrons. The Labute approximate surface area is 138 Å². The zero-order valence-corrected chi connectivity index (χ0v) is 13.4. The van der Waals surface area contributed by atoms with Crippen LogP contribution in [0.5, 0.6) is 0 Å². The summed E-state index contributed by atoms with van der Waals surface area (Å²) >= 11 is 0. The van der Waals surface area contributed by atoms with Crippen LogP contribution in [0.2, 0.25) is 0 Å². The van der Waals surface area contributed by atoms with Crippen LogP contribution in [0.15, 0.2) is 36.4 Å². The molecular weight excluding hydrogens is 309 g/mol. The molecule has 5 heteroatoms. The summed E-state index contributed by atoms with van der Waals surface area (Å²) in [5.41, 5.74) is 3.11. The summed E-state index contributed by atoms with van der Waals surface area (Å²) in [6.45, 7) is 3.83. The van der Waals surface area contributed by atoms with Crippen molar-refractivity contribution in [2.75, 3.05) is 11.4 Å². The molecule has 0 N–H and O–H groups in total. The number of fused-ring (bicyclic) bond motifs is 1. The maximum absolute atomic E-state index is 12.9. The first kappa shape index (κ1) is 16.1. The van der Waals surface area contributed by atoms with Crippen LogP contribution in [-0.4, -0.2) is 24.0 Å². The number of nitrogens with zero attached hydrogens (tertiary/aromatic N) is 1. The van der Waals surface area contributed by atoms with Crippen molar-refractivity contribution in [3.8, 4) is 0 Å². The summed E-state index contributed by atoms with van der Waals surface area (Å²) < 4.78 is 12.9. The smallest absolute Gasteiger partial charge is 0.299 e. The molecule has 0 saturated heterocycles. The third-order valence-electron chi connectivity index (χ3n) is 4.13. The van der Waals surface area contributed by atoms with Gasteiger partial charge in [-0.1, -0.05) is 6.07 Å². The van der Waals surface area contributed by atoms with E-state index in [1.54, 1.807) is 6.07 Å². The molecule has 2 aromatic rings. The fraction of sp³-hybridized carbons (Fsp3) is 0.211. The minimum Gasteiger partial charge on any atom is -0.304 e. The molecule has 24 heavy (non-hydrogen) atoms. The van der Waals surface area contributed by atoms with E-state index in [4.69, 9.17) is 0 Å². The molecule has 0 aliphatic carbocycles. The maximum Gasteiger partial charge on any atom is 0.299 e.